The van der Waals surface area contributed by atoms with Crippen molar-refractivity contribution in [3.63, 3.8) is 0 Å². The molecular weight excluding hydrogens is 636 g/mol. The maximum Gasteiger partial charge on any atom is 0.343 e. The molecule has 262 valence electrons. The molecule has 0 unspecified atom stereocenters. The highest BCUT2D eigenvalue weighted by molar-refractivity contribution is 5.94. The normalized spacial score (nSPS) is 19.8. The fraction of sp³-hybridized carbons (Fsp3) is 0.421. The standard InChI is InChI=1S/C38H44N6O6/c1-5-38(49)30-17-32-34-24(18-43(32)36(47)29(30)21-50-37(38)48)16-27-28(33(45)11-10-31(27)41-34)19-42-14-12-26(13-15-42)44(3,4)20-23-6-8-25(9-7-23)40-35(46)22(2)39/h6-11,16-17,22,26,49H,5,12-15,18-21,39H2,1-4H3,(H-,40,45,46,47)/p+1/t22-,38-/m0/s1. The molecule has 0 spiro atoms. The monoisotopic (exact) mass is 681 g/mol. The van der Waals surface area contributed by atoms with E-state index in [9.17, 15) is 24.6 Å². The molecule has 2 atom stereocenters. The molecule has 7 rings (SSSR count). The number of aromatic hydroxyl groups is 1. The van der Waals surface area contributed by atoms with Crippen LogP contribution in [0.3, 0.4) is 0 Å². The third-order valence-corrected chi connectivity index (χ3v) is 10.9. The third-order valence-electron chi connectivity index (χ3n) is 10.9. The quantitative estimate of drug-likeness (QED) is 0.142. The number of nitrogens with zero attached hydrogens (tertiary/aromatic N) is 4. The number of benzene rings is 2. The van der Waals surface area contributed by atoms with E-state index in [1.54, 1.807) is 36.6 Å². The number of phenolic OH excluding ortho intramolecular Hbond substituents is 1. The van der Waals surface area contributed by atoms with Gasteiger partial charge in [0, 0.05) is 65.8 Å². The number of pyridine rings is 2. The number of anilines is 1. The maximum absolute atomic E-state index is 13.6. The van der Waals surface area contributed by atoms with Crippen molar-refractivity contribution in [2.45, 2.75) is 77.0 Å². The second kappa shape index (κ2) is 12.6. The number of amides is 1. The van der Waals surface area contributed by atoms with Gasteiger partial charge in [0.05, 0.1) is 55.2 Å². The van der Waals surface area contributed by atoms with Crippen LogP contribution in [0.2, 0.25) is 0 Å². The number of piperidine rings is 1. The molecule has 3 aliphatic heterocycles. The second-order valence-corrected chi connectivity index (χ2v) is 14.6. The number of fused-ring (bicyclic) bond motifs is 5. The zero-order valence-corrected chi connectivity index (χ0v) is 29.0. The van der Waals surface area contributed by atoms with Crippen LogP contribution < -0.4 is 16.6 Å². The first-order valence-electron chi connectivity index (χ1n) is 17.3. The number of cyclic esters (lactones) is 1. The molecule has 5 heterocycles. The predicted octanol–water partition coefficient (Wildman–Crippen LogP) is 3.31. The van der Waals surface area contributed by atoms with E-state index in [-0.39, 0.29) is 30.2 Å². The summed E-state index contributed by atoms with van der Waals surface area (Å²) in [4.78, 5) is 45.4. The van der Waals surface area contributed by atoms with Crippen molar-refractivity contribution in [1.29, 1.82) is 0 Å². The molecule has 0 saturated carbocycles. The molecule has 1 fully saturated rings. The van der Waals surface area contributed by atoms with Crippen LogP contribution in [-0.4, -0.2) is 80.3 Å². The van der Waals surface area contributed by atoms with Crippen molar-refractivity contribution < 1.29 is 29.0 Å². The number of hydrogen-bond acceptors (Lipinski definition) is 9. The molecule has 0 bridgehead atoms. The molecule has 4 aromatic rings. The van der Waals surface area contributed by atoms with Gasteiger partial charge in [0.2, 0.25) is 5.91 Å². The van der Waals surface area contributed by atoms with Gasteiger partial charge in [0.15, 0.2) is 5.60 Å². The number of carbonyl (C=O) groups is 2. The van der Waals surface area contributed by atoms with Crippen LogP contribution in [0.4, 0.5) is 5.69 Å². The van der Waals surface area contributed by atoms with E-state index in [4.69, 9.17) is 15.5 Å². The van der Waals surface area contributed by atoms with Gasteiger partial charge >= 0.3 is 5.97 Å². The van der Waals surface area contributed by atoms with E-state index >= 15 is 0 Å². The van der Waals surface area contributed by atoms with Crippen molar-refractivity contribution in [1.82, 2.24) is 14.5 Å². The average molecular weight is 682 g/mol. The minimum absolute atomic E-state index is 0.0847. The highest BCUT2D eigenvalue weighted by Gasteiger charge is 2.45. The number of nitrogens with two attached hydrogens (primary N) is 1. The molecular formula is C38H45N6O6+. The van der Waals surface area contributed by atoms with Crippen LogP contribution >= 0.6 is 0 Å². The molecule has 2 aromatic heterocycles. The van der Waals surface area contributed by atoms with Gasteiger partial charge in [-0.25, -0.2) is 9.78 Å². The Balaban J connectivity index is 1.07. The summed E-state index contributed by atoms with van der Waals surface area (Å²) in [5.41, 5.74) is 9.58. The van der Waals surface area contributed by atoms with Crippen molar-refractivity contribution in [2.75, 3.05) is 32.5 Å². The summed E-state index contributed by atoms with van der Waals surface area (Å²) in [7, 11) is 4.53. The summed E-state index contributed by atoms with van der Waals surface area (Å²) in [6.07, 6.45) is 2.10. The van der Waals surface area contributed by atoms with Crippen LogP contribution in [0.1, 0.15) is 60.9 Å². The number of aromatic nitrogens is 2. The number of aliphatic hydroxyl groups is 1. The molecule has 5 N–H and O–H groups in total. The first-order valence-corrected chi connectivity index (χ1v) is 17.3. The number of carbonyl (C=O) groups excluding carboxylic acids is 2. The second-order valence-electron chi connectivity index (χ2n) is 14.6. The lowest BCUT2D eigenvalue weighted by Gasteiger charge is -2.43. The fourth-order valence-electron chi connectivity index (χ4n) is 7.82. The van der Waals surface area contributed by atoms with Gasteiger partial charge in [-0.1, -0.05) is 19.1 Å². The Hall–Kier alpha value is -4.62. The van der Waals surface area contributed by atoms with Crippen molar-refractivity contribution in [3.05, 3.63) is 86.7 Å². The Bertz CT molecular complexity index is 2070. The number of esters is 1. The topological polar surface area (TPSA) is 160 Å². The predicted molar refractivity (Wildman–Crippen MR) is 189 cm³/mol. The molecule has 1 saturated heterocycles. The molecule has 12 heteroatoms. The fourth-order valence-corrected chi connectivity index (χ4v) is 7.82. The Morgan fingerprint density at radius 2 is 1.86 bits per heavy atom. The largest absolute Gasteiger partial charge is 0.508 e. The van der Waals surface area contributed by atoms with Crippen LogP contribution in [0.5, 0.6) is 5.75 Å². The highest BCUT2D eigenvalue weighted by Crippen LogP contribution is 2.40. The molecule has 12 nitrogen and oxygen atoms in total. The van der Waals surface area contributed by atoms with Crippen LogP contribution in [-0.2, 0) is 46.2 Å². The molecule has 2 aromatic carbocycles. The number of likely N-dealkylation sites (tertiary alicyclic amines) is 1. The van der Waals surface area contributed by atoms with Gasteiger partial charge in [-0.05, 0) is 49.7 Å². The van der Waals surface area contributed by atoms with E-state index < -0.39 is 17.6 Å². The summed E-state index contributed by atoms with van der Waals surface area (Å²) in [6.45, 7) is 6.68. The van der Waals surface area contributed by atoms with E-state index in [1.165, 1.54) is 5.56 Å². The van der Waals surface area contributed by atoms with E-state index in [0.29, 0.717) is 47.2 Å². The number of phenols is 1. The Morgan fingerprint density at radius 3 is 2.54 bits per heavy atom. The minimum Gasteiger partial charge on any atom is -0.508 e. The third kappa shape index (κ3) is 5.85. The van der Waals surface area contributed by atoms with Crippen molar-refractivity contribution >= 4 is 28.5 Å². The van der Waals surface area contributed by atoms with Gasteiger partial charge in [-0.15, -0.1) is 0 Å². The SMILES string of the molecule is CC[C@@]1(O)C(=O)OCc2c1cc1n(c2=O)Cc2cc3c(CN4CCC([N+](C)(C)Cc5ccc(NC(=O)[C@H](C)N)cc5)CC4)c(O)ccc3nc2-1. The molecule has 3 aliphatic rings. The lowest BCUT2D eigenvalue weighted by atomic mass is 9.86. The van der Waals surface area contributed by atoms with Gasteiger partial charge < -0.3 is 35.1 Å². The average Bonchev–Trinajstić information content (AvgIpc) is 3.46. The Labute approximate surface area is 290 Å². The van der Waals surface area contributed by atoms with Crippen molar-refractivity contribution in [3.8, 4) is 17.1 Å². The van der Waals surface area contributed by atoms with E-state index in [0.717, 1.165) is 59.2 Å². The number of nitrogens with one attached hydrogen (secondary N) is 1. The smallest absolute Gasteiger partial charge is 0.343 e. The summed E-state index contributed by atoms with van der Waals surface area (Å²) in [6, 6.07) is 15.1. The van der Waals surface area contributed by atoms with Crippen LogP contribution in [0, 0.1) is 0 Å². The van der Waals surface area contributed by atoms with Crippen molar-refractivity contribution in [2.24, 2.45) is 5.73 Å². The summed E-state index contributed by atoms with van der Waals surface area (Å²) >= 11 is 0. The van der Waals surface area contributed by atoms with Gasteiger partial charge in [0.1, 0.15) is 18.9 Å². The first-order chi connectivity index (χ1) is 23.8. The van der Waals surface area contributed by atoms with Gasteiger partial charge in [-0.2, -0.15) is 0 Å². The summed E-state index contributed by atoms with van der Waals surface area (Å²) < 4.78 is 7.67. The summed E-state index contributed by atoms with van der Waals surface area (Å²) in [5, 5.41) is 25.9. The zero-order chi connectivity index (χ0) is 35.5. The maximum atomic E-state index is 13.6. The number of ether oxygens (including phenoxy) is 1. The molecule has 1 amide bonds. The minimum atomic E-state index is -1.88. The van der Waals surface area contributed by atoms with Gasteiger partial charge in [-0.3, -0.25) is 14.5 Å². The number of hydrogen-bond donors (Lipinski definition) is 4. The first kappa shape index (κ1) is 33.9. The number of rotatable bonds is 8. The van der Waals surface area contributed by atoms with Gasteiger partial charge in [0.25, 0.3) is 5.56 Å². The lowest BCUT2D eigenvalue weighted by molar-refractivity contribution is -0.929. The lowest BCUT2D eigenvalue weighted by Crippen LogP contribution is -2.53. The Morgan fingerprint density at radius 1 is 1.14 bits per heavy atom. The zero-order valence-electron chi connectivity index (χ0n) is 29.0. The molecule has 0 aliphatic carbocycles. The number of quaternary nitrogens is 1. The molecule has 50 heavy (non-hydrogen) atoms. The van der Waals surface area contributed by atoms with Crippen LogP contribution in [0.15, 0.2) is 53.3 Å². The Kier molecular flexibility index (Phi) is 8.54. The van der Waals surface area contributed by atoms with E-state index in [2.05, 4.69) is 36.4 Å². The van der Waals surface area contributed by atoms with E-state index in [1.807, 2.05) is 18.2 Å². The molecule has 0 radical (unpaired) electrons. The summed E-state index contributed by atoms with van der Waals surface area (Å²) in [5.74, 6) is -0.741. The highest BCUT2D eigenvalue weighted by atomic mass is 16.6. The van der Waals surface area contributed by atoms with Crippen LogP contribution in [0.25, 0.3) is 22.3 Å².